The van der Waals surface area contributed by atoms with E-state index in [4.69, 9.17) is 10.5 Å². The van der Waals surface area contributed by atoms with Crippen molar-refractivity contribution in [1.29, 1.82) is 10.5 Å². The molecule has 25 heavy (non-hydrogen) atoms. The molecule has 0 aliphatic carbocycles. The number of benzene rings is 2. The van der Waals surface area contributed by atoms with Crippen LogP contribution in [0.1, 0.15) is 56.8 Å². The number of carboxylic acids is 2. The van der Waals surface area contributed by atoms with Gasteiger partial charge in [-0.25, -0.2) is 9.59 Å². The summed E-state index contributed by atoms with van der Waals surface area (Å²) in [6, 6.07) is 12.7. The van der Waals surface area contributed by atoms with Crippen LogP contribution in [0.15, 0.2) is 36.4 Å². The van der Waals surface area contributed by atoms with E-state index < -0.39 is 17.4 Å². The maximum Gasteiger partial charge on any atom is 0.337 e. The first kappa shape index (κ1) is 17.7. The van der Waals surface area contributed by atoms with Crippen LogP contribution in [0.5, 0.6) is 0 Å². The fraction of sp³-hybridized carbons (Fsp3) is 0.158. The lowest BCUT2D eigenvalue weighted by Gasteiger charge is -2.27. The van der Waals surface area contributed by atoms with E-state index in [-0.39, 0.29) is 22.3 Å². The van der Waals surface area contributed by atoms with Crippen molar-refractivity contribution in [3.63, 3.8) is 0 Å². The quantitative estimate of drug-likeness (QED) is 0.885. The summed E-state index contributed by atoms with van der Waals surface area (Å²) in [7, 11) is 0. The average Bonchev–Trinajstić information content (AvgIpc) is 2.60. The Morgan fingerprint density at radius 2 is 1.20 bits per heavy atom. The molecule has 2 aromatic carbocycles. The summed E-state index contributed by atoms with van der Waals surface area (Å²) < 4.78 is 0. The van der Waals surface area contributed by atoms with Crippen LogP contribution in [0, 0.1) is 22.7 Å². The third-order valence-corrected chi connectivity index (χ3v) is 4.18. The standard InChI is InChI=1S/C19H14N2O4/c1-19(2,13-5-3-11(9-20)15(7-13)17(22)23)14-6-4-12(10-21)16(8-14)18(24)25/h3-8H,1-2H3,(H,22,23)(H,24,25). The largest absolute Gasteiger partial charge is 0.478 e. The Balaban J connectivity index is 2.64. The molecular weight excluding hydrogens is 320 g/mol. The predicted octanol–water partition coefficient (Wildman–Crippen LogP) is 3.15. The first-order chi connectivity index (χ1) is 11.7. The first-order valence-corrected chi connectivity index (χ1v) is 7.28. The Morgan fingerprint density at radius 1 is 0.840 bits per heavy atom. The molecular formula is C19H14N2O4. The van der Waals surface area contributed by atoms with E-state index in [1.54, 1.807) is 12.1 Å². The minimum absolute atomic E-state index is 0.0538. The molecule has 0 saturated heterocycles. The van der Waals surface area contributed by atoms with Crippen molar-refractivity contribution in [1.82, 2.24) is 0 Å². The van der Waals surface area contributed by atoms with E-state index in [1.807, 2.05) is 26.0 Å². The number of aromatic carboxylic acids is 2. The van der Waals surface area contributed by atoms with Gasteiger partial charge in [-0.1, -0.05) is 26.0 Å². The van der Waals surface area contributed by atoms with Crippen molar-refractivity contribution >= 4 is 11.9 Å². The van der Waals surface area contributed by atoms with E-state index >= 15 is 0 Å². The molecule has 0 radical (unpaired) electrons. The van der Waals surface area contributed by atoms with Crippen molar-refractivity contribution in [3.05, 3.63) is 69.8 Å². The summed E-state index contributed by atoms with van der Waals surface area (Å²) in [5.74, 6) is -2.42. The van der Waals surface area contributed by atoms with Crippen molar-refractivity contribution in [3.8, 4) is 12.1 Å². The maximum absolute atomic E-state index is 11.4. The van der Waals surface area contributed by atoms with Crippen LogP contribution < -0.4 is 0 Å². The monoisotopic (exact) mass is 334 g/mol. The second kappa shape index (κ2) is 6.46. The second-order valence-corrected chi connectivity index (χ2v) is 5.98. The van der Waals surface area contributed by atoms with E-state index in [1.165, 1.54) is 24.3 Å². The van der Waals surface area contributed by atoms with Crippen molar-refractivity contribution < 1.29 is 19.8 Å². The summed E-state index contributed by atoms with van der Waals surface area (Å²) in [5.41, 5.74) is 0.391. The summed E-state index contributed by atoms with van der Waals surface area (Å²) in [5, 5.41) is 36.6. The number of nitrogens with zero attached hydrogens (tertiary/aromatic N) is 2. The van der Waals surface area contributed by atoms with Gasteiger partial charge in [-0.2, -0.15) is 10.5 Å². The lowest BCUT2D eigenvalue weighted by atomic mass is 9.76. The predicted molar refractivity (Wildman–Crippen MR) is 88.4 cm³/mol. The lowest BCUT2D eigenvalue weighted by molar-refractivity contribution is 0.0685. The van der Waals surface area contributed by atoms with Crippen molar-refractivity contribution in [2.24, 2.45) is 0 Å². The van der Waals surface area contributed by atoms with Gasteiger partial charge in [-0.3, -0.25) is 0 Å². The molecule has 6 nitrogen and oxygen atoms in total. The second-order valence-electron chi connectivity index (χ2n) is 5.98. The summed E-state index contributed by atoms with van der Waals surface area (Å²) in [6.45, 7) is 3.63. The number of nitriles is 2. The summed E-state index contributed by atoms with van der Waals surface area (Å²) in [4.78, 5) is 22.7. The molecule has 6 heteroatoms. The molecule has 0 saturated carbocycles. The van der Waals surface area contributed by atoms with E-state index in [0.29, 0.717) is 11.1 Å². The zero-order chi connectivity index (χ0) is 18.8. The molecule has 0 aliphatic rings. The van der Waals surface area contributed by atoms with Gasteiger partial charge in [-0.05, 0) is 35.4 Å². The molecule has 0 atom stereocenters. The van der Waals surface area contributed by atoms with Gasteiger partial charge in [0.1, 0.15) is 12.1 Å². The van der Waals surface area contributed by atoms with Gasteiger partial charge in [0.15, 0.2) is 0 Å². The number of hydrogen-bond donors (Lipinski definition) is 2. The van der Waals surface area contributed by atoms with E-state index in [9.17, 15) is 19.8 Å². The van der Waals surface area contributed by atoms with Gasteiger partial charge < -0.3 is 10.2 Å². The molecule has 2 N–H and O–H groups in total. The Bertz CT molecular complexity index is 885. The molecule has 2 aromatic rings. The molecule has 0 amide bonds. The first-order valence-electron chi connectivity index (χ1n) is 7.28. The van der Waals surface area contributed by atoms with Gasteiger partial charge in [0.05, 0.1) is 22.3 Å². The van der Waals surface area contributed by atoms with Gasteiger partial charge in [0.25, 0.3) is 0 Å². The third-order valence-electron chi connectivity index (χ3n) is 4.18. The Morgan fingerprint density at radius 3 is 1.48 bits per heavy atom. The van der Waals surface area contributed by atoms with Crippen LogP contribution in [-0.2, 0) is 5.41 Å². The summed E-state index contributed by atoms with van der Waals surface area (Å²) >= 11 is 0. The molecule has 0 heterocycles. The molecule has 0 unspecified atom stereocenters. The minimum Gasteiger partial charge on any atom is -0.478 e. The zero-order valence-electron chi connectivity index (χ0n) is 13.6. The van der Waals surface area contributed by atoms with Crippen LogP contribution in [-0.4, -0.2) is 22.2 Å². The Kier molecular flexibility index (Phi) is 4.58. The average molecular weight is 334 g/mol. The van der Waals surface area contributed by atoms with Crippen LogP contribution in [0.25, 0.3) is 0 Å². The summed E-state index contributed by atoms with van der Waals surface area (Å²) in [6.07, 6.45) is 0. The SMILES string of the molecule is CC(C)(c1ccc(C#N)c(C(=O)O)c1)c1ccc(C#N)c(C(=O)O)c1. The van der Waals surface area contributed by atoms with Gasteiger partial charge in [0.2, 0.25) is 0 Å². The Hall–Kier alpha value is -3.64. The molecule has 0 spiro atoms. The topological polar surface area (TPSA) is 122 Å². The lowest BCUT2D eigenvalue weighted by Crippen LogP contribution is -2.21. The number of carboxylic acid groups (broad SMARTS) is 2. The van der Waals surface area contributed by atoms with Crippen molar-refractivity contribution in [2.75, 3.05) is 0 Å². The molecule has 2 rings (SSSR count). The van der Waals surface area contributed by atoms with Crippen LogP contribution in [0.3, 0.4) is 0 Å². The number of rotatable bonds is 4. The highest BCUT2D eigenvalue weighted by Gasteiger charge is 2.27. The number of hydrogen-bond acceptors (Lipinski definition) is 4. The molecule has 124 valence electrons. The van der Waals surface area contributed by atoms with E-state index in [0.717, 1.165) is 0 Å². The number of carbonyl (C=O) groups is 2. The van der Waals surface area contributed by atoms with Gasteiger partial charge in [-0.15, -0.1) is 0 Å². The van der Waals surface area contributed by atoms with Crippen LogP contribution >= 0.6 is 0 Å². The fourth-order valence-electron chi connectivity index (χ4n) is 2.58. The molecule has 0 aromatic heterocycles. The molecule has 0 aliphatic heterocycles. The van der Waals surface area contributed by atoms with Gasteiger partial charge >= 0.3 is 11.9 Å². The van der Waals surface area contributed by atoms with E-state index in [2.05, 4.69) is 0 Å². The van der Waals surface area contributed by atoms with Gasteiger partial charge in [0, 0.05) is 5.41 Å². The highest BCUT2D eigenvalue weighted by Crippen LogP contribution is 2.33. The highest BCUT2D eigenvalue weighted by atomic mass is 16.4. The maximum atomic E-state index is 11.4. The smallest absolute Gasteiger partial charge is 0.337 e. The molecule has 0 bridgehead atoms. The highest BCUT2D eigenvalue weighted by molar-refractivity contribution is 5.91. The zero-order valence-corrected chi connectivity index (χ0v) is 13.6. The van der Waals surface area contributed by atoms with Crippen LogP contribution in [0.4, 0.5) is 0 Å². The van der Waals surface area contributed by atoms with Crippen molar-refractivity contribution in [2.45, 2.75) is 19.3 Å². The minimum atomic E-state index is -1.21. The normalized spacial score (nSPS) is 10.6. The fourth-order valence-corrected chi connectivity index (χ4v) is 2.58. The van der Waals surface area contributed by atoms with Crippen LogP contribution in [0.2, 0.25) is 0 Å². The molecule has 0 fully saturated rings. The Labute approximate surface area is 144 Å². The third kappa shape index (κ3) is 3.19.